The summed E-state index contributed by atoms with van der Waals surface area (Å²) in [6.07, 6.45) is 8.38. The first-order chi connectivity index (χ1) is 15.5. The maximum atomic E-state index is 13.3. The van der Waals surface area contributed by atoms with Crippen LogP contribution in [-0.4, -0.2) is 31.5 Å². The van der Waals surface area contributed by atoms with E-state index in [4.69, 9.17) is 9.47 Å². The number of benzene rings is 2. The predicted octanol–water partition coefficient (Wildman–Crippen LogP) is 5.06. The molecule has 0 bridgehead atoms. The summed E-state index contributed by atoms with van der Waals surface area (Å²) < 4.78 is 12.0. The van der Waals surface area contributed by atoms with Gasteiger partial charge >= 0.3 is 0 Å². The molecule has 32 heavy (non-hydrogen) atoms. The zero-order chi connectivity index (χ0) is 22.5. The minimum Gasteiger partial charge on any atom is -0.496 e. The highest BCUT2D eigenvalue weighted by Crippen LogP contribution is 2.36. The zero-order valence-corrected chi connectivity index (χ0v) is 19.7. The molecular weight excluding hydrogens is 472 g/mol. The summed E-state index contributed by atoms with van der Waals surface area (Å²) >= 11 is 3.47. The number of nitrogens with zero attached hydrogens (tertiary/aromatic N) is 1. The Labute approximate surface area is 196 Å². The van der Waals surface area contributed by atoms with E-state index in [2.05, 4.69) is 21.2 Å². The third-order valence-electron chi connectivity index (χ3n) is 5.83. The molecule has 6 nitrogen and oxygen atoms in total. The molecule has 2 aromatic rings. The molecule has 0 atom stereocenters. The van der Waals surface area contributed by atoms with Crippen molar-refractivity contribution in [1.29, 1.82) is 0 Å². The number of hydrogen-bond donors (Lipinski definition) is 1. The van der Waals surface area contributed by atoms with Crippen LogP contribution >= 0.6 is 15.9 Å². The number of methoxy groups -OCH3 is 1. The lowest BCUT2D eigenvalue weighted by atomic mass is 10.1. The fourth-order valence-corrected chi connectivity index (χ4v) is 4.74. The summed E-state index contributed by atoms with van der Waals surface area (Å²) in [6.45, 7) is -0.0423. The molecule has 1 saturated carbocycles. The van der Waals surface area contributed by atoms with Gasteiger partial charge in [0.1, 0.15) is 12.3 Å². The second-order valence-electron chi connectivity index (χ2n) is 8.12. The van der Waals surface area contributed by atoms with Gasteiger partial charge in [0, 0.05) is 6.04 Å². The monoisotopic (exact) mass is 498 g/mol. The van der Waals surface area contributed by atoms with Crippen molar-refractivity contribution in [2.45, 2.75) is 44.6 Å². The number of hydrogen-bond acceptors (Lipinski definition) is 4. The Morgan fingerprint density at radius 1 is 1.19 bits per heavy atom. The minimum atomic E-state index is -0.341. The van der Waals surface area contributed by atoms with E-state index in [9.17, 15) is 9.59 Å². The van der Waals surface area contributed by atoms with Crippen molar-refractivity contribution in [3.63, 3.8) is 0 Å². The number of carbonyl (C=O) groups is 2. The number of halogens is 1. The molecule has 1 N–H and O–H groups in total. The van der Waals surface area contributed by atoms with E-state index in [0.717, 1.165) is 35.7 Å². The van der Waals surface area contributed by atoms with Crippen molar-refractivity contribution >= 4 is 39.5 Å². The fourth-order valence-electron chi connectivity index (χ4n) is 4.18. The number of fused-ring (bicyclic) bond motifs is 1. The molecule has 2 aliphatic rings. The lowest BCUT2D eigenvalue weighted by molar-refractivity contribution is -0.124. The number of anilines is 1. The smallest absolute Gasteiger partial charge is 0.294 e. The fraction of sp³-hybridized carbons (Fsp3) is 0.360. The van der Waals surface area contributed by atoms with Crippen molar-refractivity contribution in [3.05, 3.63) is 58.3 Å². The second kappa shape index (κ2) is 10.2. The molecule has 0 radical (unpaired) electrons. The Morgan fingerprint density at radius 3 is 2.66 bits per heavy atom. The second-order valence-corrected chi connectivity index (χ2v) is 8.97. The maximum absolute atomic E-state index is 13.3. The molecule has 1 fully saturated rings. The van der Waals surface area contributed by atoms with Crippen LogP contribution in [0.2, 0.25) is 0 Å². The molecule has 2 aromatic carbocycles. The Morgan fingerprint density at radius 2 is 1.94 bits per heavy atom. The summed E-state index contributed by atoms with van der Waals surface area (Å²) in [5.41, 5.74) is 1.38. The van der Waals surface area contributed by atoms with E-state index in [1.165, 1.54) is 17.7 Å². The van der Waals surface area contributed by atoms with Gasteiger partial charge in [0.25, 0.3) is 5.91 Å². The van der Waals surface area contributed by atoms with E-state index >= 15 is 0 Å². The van der Waals surface area contributed by atoms with Gasteiger partial charge in [-0.05, 0) is 64.7 Å². The number of amides is 2. The van der Waals surface area contributed by atoms with Gasteiger partial charge in [-0.1, -0.05) is 43.9 Å². The Kier molecular flexibility index (Phi) is 7.15. The van der Waals surface area contributed by atoms with E-state index < -0.39 is 0 Å². The molecule has 4 rings (SSSR count). The van der Waals surface area contributed by atoms with Crippen molar-refractivity contribution in [2.24, 2.45) is 0 Å². The molecule has 0 spiro atoms. The standard InChI is InChI=1S/C25H27BrN2O4/c1-31-21-13-12-17(14-19(21)26)15-23-25(30)28(20-10-6-7-11-22(20)32-23)16-24(29)27-18-8-4-2-3-5-9-18/h6-7,10-15,18H,2-5,8-9,16H2,1H3,(H,27,29). The van der Waals surface area contributed by atoms with Gasteiger partial charge < -0.3 is 14.8 Å². The highest BCUT2D eigenvalue weighted by atomic mass is 79.9. The van der Waals surface area contributed by atoms with E-state index in [1.807, 2.05) is 30.3 Å². The molecule has 0 unspecified atom stereocenters. The predicted molar refractivity (Wildman–Crippen MR) is 128 cm³/mol. The quantitative estimate of drug-likeness (QED) is 0.461. The van der Waals surface area contributed by atoms with Gasteiger partial charge in [-0.2, -0.15) is 0 Å². The highest BCUT2D eigenvalue weighted by Gasteiger charge is 2.32. The van der Waals surface area contributed by atoms with Crippen molar-refractivity contribution < 1.29 is 19.1 Å². The summed E-state index contributed by atoms with van der Waals surface area (Å²) in [6, 6.07) is 13.0. The number of rotatable bonds is 5. The lowest BCUT2D eigenvalue weighted by Crippen LogP contribution is -2.46. The third kappa shape index (κ3) is 5.15. The summed E-state index contributed by atoms with van der Waals surface area (Å²) in [4.78, 5) is 27.6. The Hall–Kier alpha value is -2.80. The summed E-state index contributed by atoms with van der Waals surface area (Å²) in [5.74, 6) is 0.932. The van der Waals surface area contributed by atoms with Gasteiger partial charge in [0.05, 0.1) is 17.3 Å². The van der Waals surface area contributed by atoms with Gasteiger partial charge in [0.2, 0.25) is 5.91 Å². The lowest BCUT2D eigenvalue weighted by Gasteiger charge is -2.30. The molecule has 1 aliphatic heterocycles. The van der Waals surface area contributed by atoms with Crippen LogP contribution in [0.15, 0.2) is 52.7 Å². The molecule has 2 amide bonds. The highest BCUT2D eigenvalue weighted by molar-refractivity contribution is 9.10. The van der Waals surface area contributed by atoms with Gasteiger partial charge in [-0.15, -0.1) is 0 Å². The van der Waals surface area contributed by atoms with Crippen molar-refractivity contribution in [1.82, 2.24) is 5.32 Å². The van der Waals surface area contributed by atoms with Crippen molar-refractivity contribution in [2.75, 3.05) is 18.6 Å². The van der Waals surface area contributed by atoms with Crippen LogP contribution in [0.5, 0.6) is 11.5 Å². The first-order valence-electron chi connectivity index (χ1n) is 11.0. The van der Waals surface area contributed by atoms with E-state index in [-0.39, 0.29) is 30.2 Å². The SMILES string of the molecule is COc1ccc(C=C2Oc3ccccc3N(CC(=O)NC3CCCCCC3)C2=O)cc1Br. The maximum Gasteiger partial charge on any atom is 0.294 e. The Bertz CT molecular complexity index is 1030. The minimum absolute atomic E-state index is 0.0423. The first-order valence-corrected chi connectivity index (χ1v) is 11.8. The topological polar surface area (TPSA) is 67.9 Å². The Balaban J connectivity index is 1.56. The normalized spacial score (nSPS) is 18.0. The molecule has 1 heterocycles. The van der Waals surface area contributed by atoms with Gasteiger partial charge in [-0.3, -0.25) is 14.5 Å². The third-order valence-corrected chi connectivity index (χ3v) is 6.45. The summed E-state index contributed by atoms with van der Waals surface area (Å²) in [7, 11) is 1.60. The molecule has 0 saturated heterocycles. The van der Waals surface area contributed by atoms with E-state index in [0.29, 0.717) is 17.2 Å². The average Bonchev–Trinajstić information content (AvgIpc) is 3.05. The number of carbonyl (C=O) groups excluding carboxylic acids is 2. The van der Waals surface area contributed by atoms with Crippen LogP contribution in [0.3, 0.4) is 0 Å². The largest absolute Gasteiger partial charge is 0.496 e. The molecule has 0 aromatic heterocycles. The van der Waals surface area contributed by atoms with Crippen LogP contribution in [0.1, 0.15) is 44.1 Å². The summed E-state index contributed by atoms with van der Waals surface area (Å²) in [5, 5.41) is 3.13. The van der Waals surface area contributed by atoms with Crippen LogP contribution in [-0.2, 0) is 9.59 Å². The van der Waals surface area contributed by atoms with Crippen molar-refractivity contribution in [3.8, 4) is 11.5 Å². The molecule has 1 aliphatic carbocycles. The average molecular weight is 499 g/mol. The van der Waals surface area contributed by atoms with E-state index in [1.54, 1.807) is 25.3 Å². The van der Waals surface area contributed by atoms with Gasteiger partial charge in [0.15, 0.2) is 11.5 Å². The van der Waals surface area contributed by atoms with Gasteiger partial charge in [-0.25, -0.2) is 0 Å². The number of ether oxygens (including phenoxy) is 2. The van der Waals surface area contributed by atoms with Crippen LogP contribution in [0.25, 0.3) is 6.08 Å². The molecular formula is C25H27BrN2O4. The zero-order valence-electron chi connectivity index (χ0n) is 18.1. The molecule has 7 heteroatoms. The van der Waals surface area contributed by atoms with Crippen LogP contribution < -0.4 is 19.7 Å². The molecule has 168 valence electrons. The first kappa shape index (κ1) is 22.4. The van der Waals surface area contributed by atoms with Crippen LogP contribution in [0, 0.1) is 0 Å². The number of para-hydroxylation sites is 2. The van der Waals surface area contributed by atoms with Crippen LogP contribution in [0.4, 0.5) is 5.69 Å². The number of nitrogens with one attached hydrogen (secondary N) is 1.